The second kappa shape index (κ2) is 12.0. The molecule has 4 N–H and O–H groups in total. The van der Waals surface area contributed by atoms with Gasteiger partial charge in [-0.1, -0.05) is 41.0 Å². The van der Waals surface area contributed by atoms with Crippen molar-refractivity contribution in [3.05, 3.63) is 68.7 Å². The van der Waals surface area contributed by atoms with Crippen LogP contribution in [0, 0.1) is 0 Å². The lowest BCUT2D eigenvalue weighted by Crippen LogP contribution is -2.52. The maximum atomic E-state index is 13.2. The van der Waals surface area contributed by atoms with Crippen LogP contribution in [0.3, 0.4) is 0 Å². The molecule has 0 bridgehead atoms. The molecule has 0 aliphatic carbocycles. The monoisotopic (exact) mass is 563 g/mol. The number of nitrogens with two attached hydrogens (primary N) is 1. The Morgan fingerprint density at radius 3 is 2.57 bits per heavy atom. The van der Waals surface area contributed by atoms with Gasteiger partial charge in [0.2, 0.25) is 5.95 Å². The van der Waals surface area contributed by atoms with E-state index in [0.717, 1.165) is 17.3 Å². The third kappa shape index (κ3) is 6.67. The van der Waals surface area contributed by atoms with Crippen molar-refractivity contribution >= 4 is 52.8 Å². The van der Waals surface area contributed by atoms with Gasteiger partial charge in [-0.3, -0.25) is 19.2 Å². The number of nitrogens with zero attached hydrogens (tertiary/aromatic N) is 5. The molecule has 37 heavy (non-hydrogen) atoms. The number of carbonyl (C=O) groups is 1. The summed E-state index contributed by atoms with van der Waals surface area (Å²) in [6.45, 7) is 3.15. The minimum Gasteiger partial charge on any atom is -0.465 e. The highest BCUT2D eigenvalue weighted by Gasteiger charge is 2.25. The number of aromatic nitrogens is 3. The third-order valence-corrected chi connectivity index (χ3v) is 8.15. The van der Waals surface area contributed by atoms with Gasteiger partial charge in [-0.25, -0.2) is 4.79 Å². The number of anilines is 2. The highest BCUT2D eigenvalue weighted by molar-refractivity contribution is 7.99. The fourth-order valence-corrected chi connectivity index (χ4v) is 5.63. The molecule has 1 aromatic carbocycles. The lowest BCUT2D eigenvalue weighted by molar-refractivity contribution is 0.178. The van der Waals surface area contributed by atoms with E-state index in [-0.39, 0.29) is 22.3 Å². The molecule has 1 amide bonds. The zero-order valence-corrected chi connectivity index (χ0v) is 22.4. The average molecular weight is 564 g/mol. The topological polar surface area (TPSA) is 130 Å². The molecule has 1 fully saturated rings. The summed E-state index contributed by atoms with van der Waals surface area (Å²) in [5.74, 6) is 0.616. The maximum absolute atomic E-state index is 13.2. The SMILES string of the molecule is Cn1c(N2CCN(C[C@@H](Cc3ccncc3)NC(=O)O)CC2)nc(N)c(Sc2cccc(Cl)c2Cl)c1=O. The molecule has 2 aromatic heterocycles. The summed E-state index contributed by atoms with van der Waals surface area (Å²) < 4.78 is 1.49. The molecule has 1 aliphatic heterocycles. The largest absolute Gasteiger partial charge is 0.465 e. The number of amides is 1. The highest BCUT2D eigenvalue weighted by atomic mass is 35.5. The van der Waals surface area contributed by atoms with Gasteiger partial charge in [0, 0.05) is 63.1 Å². The molecule has 3 heterocycles. The Morgan fingerprint density at radius 2 is 1.89 bits per heavy atom. The molecule has 10 nitrogen and oxygen atoms in total. The van der Waals surface area contributed by atoms with Gasteiger partial charge < -0.3 is 21.1 Å². The van der Waals surface area contributed by atoms with Crippen molar-refractivity contribution in [2.75, 3.05) is 43.4 Å². The third-order valence-electron chi connectivity index (χ3n) is 6.07. The molecule has 0 unspecified atom stereocenters. The predicted octanol–water partition coefficient (Wildman–Crippen LogP) is 3.22. The van der Waals surface area contributed by atoms with Crippen molar-refractivity contribution in [3.63, 3.8) is 0 Å². The minimum absolute atomic E-state index is 0.129. The zero-order chi connectivity index (χ0) is 26.5. The quantitative estimate of drug-likeness (QED) is 0.378. The van der Waals surface area contributed by atoms with Crippen LogP contribution >= 0.6 is 35.0 Å². The van der Waals surface area contributed by atoms with Crippen LogP contribution < -0.4 is 21.5 Å². The fourth-order valence-electron chi connectivity index (χ4n) is 4.22. The van der Waals surface area contributed by atoms with E-state index in [1.807, 2.05) is 17.0 Å². The molecule has 1 saturated heterocycles. The van der Waals surface area contributed by atoms with Crippen molar-refractivity contribution in [1.82, 2.24) is 24.8 Å². The number of rotatable bonds is 8. The molecule has 4 rings (SSSR count). The summed E-state index contributed by atoms with van der Waals surface area (Å²) in [5, 5.41) is 12.7. The summed E-state index contributed by atoms with van der Waals surface area (Å²) in [6.07, 6.45) is 2.91. The van der Waals surface area contributed by atoms with Crippen LogP contribution in [-0.4, -0.2) is 69.4 Å². The van der Waals surface area contributed by atoms with Crippen molar-refractivity contribution in [3.8, 4) is 0 Å². The van der Waals surface area contributed by atoms with Gasteiger partial charge in [0.15, 0.2) is 0 Å². The highest BCUT2D eigenvalue weighted by Crippen LogP contribution is 2.37. The minimum atomic E-state index is -1.05. The maximum Gasteiger partial charge on any atom is 0.404 e. The van der Waals surface area contributed by atoms with E-state index in [9.17, 15) is 14.7 Å². The van der Waals surface area contributed by atoms with Crippen molar-refractivity contribution in [2.24, 2.45) is 7.05 Å². The summed E-state index contributed by atoms with van der Waals surface area (Å²) >= 11 is 13.5. The number of piperazine rings is 1. The fraction of sp³-hybridized carbons (Fsp3) is 0.333. The lowest BCUT2D eigenvalue weighted by atomic mass is 10.1. The van der Waals surface area contributed by atoms with Crippen LogP contribution in [0.1, 0.15) is 5.56 Å². The van der Waals surface area contributed by atoms with Crippen LogP contribution in [-0.2, 0) is 13.5 Å². The second-order valence-corrected chi connectivity index (χ2v) is 10.5. The molecule has 1 atom stereocenters. The van der Waals surface area contributed by atoms with E-state index < -0.39 is 6.09 Å². The summed E-state index contributed by atoms with van der Waals surface area (Å²) in [7, 11) is 1.67. The molecule has 13 heteroatoms. The molecular weight excluding hydrogens is 537 g/mol. The van der Waals surface area contributed by atoms with Gasteiger partial charge in [-0.05, 0) is 36.2 Å². The van der Waals surface area contributed by atoms with Crippen molar-refractivity contribution in [1.29, 1.82) is 0 Å². The van der Waals surface area contributed by atoms with E-state index in [0.29, 0.717) is 60.0 Å². The smallest absolute Gasteiger partial charge is 0.404 e. The van der Waals surface area contributed by atoms with Crippen LogP contribution in [0.5, 0.6) is 0 Å². The molecule has 0 saturated carbocycles. The predicted molar refractivity (Wildman–Crippen MR) is 146 cm³/mol. The standard InChI is InChI=1S/C24H27Cl2N7O3S/c1-31-22(34)20(37-18-4-2-3-17(25)19(18)26)21(27)30-23(31)33-11-9-32(10-12-33)14-16(29-24(35)36)13-15-5-7-28-8-6-15/h2-8,16,29H,9-14,27H2,1H3,(H,35,36)/t16-/m1/s1. The zero-order valence-electron chi connectivity index (χ0n) is 20.1. The van der Waals surface area contributed by atoms with E-state index in [2.05, 4.69) is 20.2 Å². The Kier molecular flexibility index (Phi) is 8.80. The number of hydrogen-bond acceptors (Lipinski definition) is 8. The molecule has 0 spiro atoms. The normalized spacial score (nSPS) is 14.9. The van der Waals surface area contributed by atoms with E-state index in [1.54, 1.807) is 37.6 Å². The Labute approximate surface area is 228 Å². The Hall–Kier alpha value is -2.99. The first-order valence-corrected chi connectivity index (χ1v) is 13.1. The van der Waals surface area contributed by atoms with Gasteiger partial charge in [0.1, 0.15) is 10.7 Å². The number of benzene rings is 1. The molecule has 196 valence electrons. The van der Waals surface area contributed by atoms with Crippen LogP contribution in [0.4, 0.5) is 16.6 Å². The van der Waals surface area contributed by atoms with Gasteiger partial charge in [-0.15, -0.1) is 0 Å². The van der Waals surface area contributed by atoms with Gasteiger partial charge in [0.05, 0.1) is 10.0 Å². The van der Waals surface area contributed by atoms with Crippen LogP contribution in [0.25, 0.3) is 0 Å². The number of nitrogen functional groups attached to an aromatic ring is 1. The summed E-state index contributed by atoms with van der Waals surface area (Å²) in [5.41, 5.74) is 6.96. The van der Waals surface area contributed by atoms with Gasteiger partial charge in [-0.2, -0.15) is 4.98 Å². The van der Waals surface area contributed by atoms with Crippen LogP contribution in [0.2, 0.25) is 10.0 Å². The first-order chi connectivity index (χ1) is 17.7. The van der Waals surface area contributed by atoms with Crippen molar-refractivity contribution in [2.45, 2.75) is 22.3 Å². The first kappa shape index (κ1) is 27.1. The van der Waals surface area contributed by atoms with Gasteiger partial charge >= 0.3 is 6.09 Å². The molecular formula is C24H27Cl2N7O3S. The van der Waals surface area contributed by atoms with E-state index >= 15 is 0 Å². The average Bonchev–Trinajstić information content (AvgIpc) is 2.87. The first-order valence-electron chi connectivity index (χ1n) is 11.6. The number of nitrogens with one attached hydrogen (secondary N) is 1. The molecule has 0 radical (unpaired) electrons. The number of hydrogen-bond donors (Lipinski definition) is 3. The van der Waals surface area contributed by atoms with Crippen molar-refractivity contribution < 1.29 is 9.90 Å². The molecule has 1 aliphatic rings. The lowest BCUT2D eigenvalue weighted by Gasteiger charge is -2.37. The summed E-state index contributed by atoms with van der Waals surface area (Å²) in [6, 6.07) is 8.70. The van der Waals surface area contributed by atoms with E-state index in [1.165, 1.54) is 4.57 Å². The van der Waals surface area contributed by atoms with Gasteiger partial charge in [0.25, 0.3) is 5.56 Å². The Morgan fingerprint density at radius 1 is 1.19 bits per heavy atom. The van der Waals surface area contributed by atoms with Crippen LogP contribution in [0.15, 0.2) is 57.3 Å². The Balaban J connectivity index is 1.43. The number of halogens is 2. The second-order valence-electron chi connectivity index (χ2n) is 8.64. The Bertz CT molecular complexity index is 1320. The number of pyridine rings is 1. The molecule has 3 aromatic rings. The number of carboxylic acid groups (broad SMARTS) is 1. The van der Waals surface area contributed by atoms with E-state index in [4.69, 9.17) is 28.9 Å². The summed E-state index contributed by atoms with van der Waals surface area (Å²) in [4.78, 5) is 38.2.